The molecule has 0 aliphatic heterocycles. The molecular weight excluding hydrogens is 238 g/mol. The van der Waals surface area contributed by atoms with Gasteiger partial charge < -0.3 is 5.32 Å². The lowest BCUT2D eigenvalue weighted by atomic mass is 10.0. The highest BCUT2D eigenvalue weighted by molar-refractivity contribution is 7.10. The van der Waals surface area contributed by atoms with Crippen LogP contribution in [0.4, 0.5) is 0 Å². The molecule has 0 spiro atoms. The Balaban J connectivity index is 2.59. The van der Waals surface area contributed by atoms with E-state index in [9.17, 15) is 0 Å². The van der Waals surface area contributed by atoms with E-state index in [2.05, 4.69) is 38.0 Å². The molecule has 0 aliphatic rings. The van der Waals surface area contributed by atoms with E-state index >= 15 is 0 Å². The van der Waals surface area contributed by atoms with Crippen molar-refractivity contribution in [3.63, 3.8) is 0 Å². The van der Waals surface area contributed by atoms with Gasteiger partial charge in [-0.05, 0) is 62.1 Å². The van der Waals surface area contributed by atoms with Gasteiger partial charge in [-0.2, -0.15) is 0 Å². The van der Waals surface area contributed by atoms with Gasteiger partial charge in [0.2, 0.25) is 0 Å². The molecule has 2 heteroatoms. The molecule has 0 fully saturated rings. The molecule has 1 N–H and O–H groups in total. The second-order valence-corrected chi connectivity index (χ2v) is 5.86. The smallest absolute Gasteiger partial charge is 0.0105 e. The molecular formula is C16H27NS. The van der Waals surface area contributed by atoms with Crippen molar-refractivity contribution in [3.8, 4) is 0 Å². The molecule has 1 rings (SSSR count). The molecule has 0 aliphatic carbocycles. The van der Waals surface area contributed by atoms with Gasteiger partial charge in [-0.25, -0.2) is 0 Å². The third-order valence-electron chi connectivity index (χ3n) is 3.46. The minimum atomic E-state index is 0.630. The molecule has 1 nitrogen and oxygen atoms in total. The Morgan fingerprint density at radius 1 is 1.44 bits per heavy atom. The Bertz CT molecular complexity index is 354. The minimum absolute atomic E-state index is 0.630. The fourth-order valence-electron chi connectivity index (χ4n) is 2.15. The number of thiophene rings is 1. The molecule has 1 aromatic heterocycles. The van der Waals surface area contributed by atoms with Crippen molar-refractivity contribution in [1.29, 1.82) is 0 Å². The summed E-state index contributed by atoms with van der Waals surface area (Å²) in [5.41, 5.74) is 3.05. The number of hydrogen-bond acceptors (Lipinski definition) is 2. The highest BCUT2D eigenvalue weighted by Gasteiger charge is 2.11. The highest BCUT2D eigenvalue weighted by Crippen LogP contribution is 2.24. The standard InChI is InChI=1S/C16H27NS/c1-5-8-9-16-13(4)14(12-18-16)11-15(7-3)17-10-6-2/h5,12,15,17H,1,6-11H2,2-4H3. The quantitative estimate of drug-likeness (QED) is 0.648. The second-order valence-electron chi connectivity index (χ2n) is 4.90. The van der Waals surface area contributed by atoms with Crippen molar-refractivity contribution < 1.29 is 0 Å². The largest absolute Gasteiger partial charge is 0.314 e. The highest BCUT2D eigenvalue weighted by atomic mass is 32.1. The van der Waals surface area contributed by atoms with Crippen molar-refractivity contribution in [2.75, 3.05) is 6.54 Å². The first-order chi connectivity index (χ1) is 8.72. The van der Waals surface area contributed by atoms with Crippen LogP contribution in [0, 0.1) is 6.92 Å². The number of rotatable bonds is 9. The molecule has 0 saturated heterocycles. The van der Waals surface area contributed by atoms with E-state index in [1.54, 1.807) is 0 Å². The molecule has 0 amide bonds. The Morgan fingerprint density at radius 2 is 2.22 bits per heavy atom. The van der Waals surface area contributed by atoms with Gasteiger partial charge in [0, 0.05) is 10.9 Å². The average molecular weight is 265 g/mol. The topological polar surface area (TPSA) is 12.0 Å². The normalized spacial score (nSPS) is 12.6. The maximum atomic E-state index is 3.80. The van der Waals surface area contributed by atoms with E-state index in [0.717, 1.165) is 19.4 Å². The van der Waals surface area contributed by atoms with Crippen LogP contribution in [0.1, 0.15) is 49.1 Å². The van der Waals surface area contributed by atoms with Crippen molar-refractivity contribution in [1.82, 2.24) is 5.32 Å². The lowest BCUT2D eigenvalue weighted by Gasteiger charge is -2.16. The molecule has 0 bridgehead atoms. The fourth-order valence-corrected chi connectivity index (χ4v) is 3.25. The van der Waals surface area contributed by atoms with E-state index in [0.29, 0.717) is 6.04 Å². The molecule has 0 saturated carbocycles. The Kier molecular flexibility index (Phi) is 7.29. The van der Waals surface area contributed by atoms with Crippen LogP contribution in [0.25, 0.3) is 0 Å². The van der Waals surface area contributed by atoms with Crippen LogP contribution in [-0.4, -0.2) is 12.6 Å². The van der Waals surface area contributed by atoms with Gasteiger partial charge in [0.05, 0.1) is 0 Å². The third kappa shape index (κ3) is 4.58. The van der Waals surface area contributed by atoms with Gasteiger partial charge in [-0.15, -0.1) is 17.9 Å². The summed E-state index contributed by atoms with van der Waals surface area (Å²) >= 11 is 1.92. The van der Waals surface area contributed by atoms with E-state index < -0.39 is 0 Å². The minimum Gasteiger partial charge on any atom is -0.314 e. The zero-order chi connectivity index (χ0) is 13.4. The van der Waals surface area contributed by atoms with E-state index in [-0.39, 0.29) is 0 Å². The zero-order valence-corrected chi connectivity index (χ0v) is 12.9. The molecule has 1 atom stereocenters. The molecule has 0 aromatic carbocycles. The maximum Gasteiger partial charge on any atom is 0.0105 e. The Labute approximate surface area is 116 Å². The van der Waals surface area contributed by atoms with Crippen molar-refractivity contribution >= 4 is 11.3 Å². The Morgan fingerprint density at radius 3 is 2.83 bits per heavy atom. The Hall–Kier alpha value is -0.600. The summed E-state index contributed by atoms with van der Waals surface area (Å²) in [7, 11) is 0. The van der Waals surface area contributed by atoms with Crippen LogP contribution >= 0.6 is 11.3 Å². The van der Waals surface area contributed by atoms with Crippen molar-refractivity contribution in [2.24, 2.45) is 0 Å². The first-order valence-corrected chi connectivity index (χ1v) is 8.00. The van der Waals surface area contributed by atoms with Gasteiger partial charge in [-0.3, -0.25) is 0 Å². The van der Waals surface area contributed by atoms with Crippen LogP contribution in [0.3, 0.4) is 0 Å². The summed E-state index contributed by atoms with van der Waals surface area (Å²) in [5.74, 6) is 0. The van der Waals surface area contributed by atoms with Crippen LogP contribution in [0.5, 0.6) is 0 Å². The van der Waals surface area contributed by atoms with Gasteiger partial charge in [0.1, 0.15) is 0 Å². The third-order valence-corrected chi connectivity index (χ3v) is 4.66. The molecule has 1 aromatic rings. The first-order valence-electron chi connectivity index (χ1n) is 7.13. The molecule has 1 heterocycles. The van der Waals surface area contributed by atoms with Crippen LogP contribution < -0.4 is 5.32 Å². The average Bonchev–Trinajstić information content (AvgIpc) is 2.73. The lowest BCUT2D eigenvalue weighted by molar-refractivity contribution is 0.494. The lowest BCUT2D eigenvalue weighted by Crippen LogP contribution is -2.31. The molecule has 102 valence electrons. The van der Waals surface area contributed by atoms with E-state index in [4.69, 9.17) is 0 Å². The number of allylic oxidation sites excluding steroid dienone is 1. The van der Waals surface area contributed by atoms with Gasteiger partial charge in [0.25, 0.3) is 0 Å². The van der Waals surface area contributed by atoms with Gasteiger partial charge in [0.15, 0.2) is 0 Å². The number of nitrogens with one attached hydrogen (secondary N) is 1. The molecule has 0 radical (unpaired) electrons. The van der Waals surface area contributed by atoms with E-state index in [1.807, 2.05) is 17.4 Å². The summed E-state index contributed by atoms with van der Waals surface area (Å²) in [6.07, 6.45) is 7.84. The molecule has 18 heavy (non-hydrogen) atoms. The second kappa shape index (κ2) is 8.49. The van der Waals surface area contributed by atoms with Crippen LogP contribution in [0.2, 0.25) is 0 Å². The van der Waals surface area contributed by atoms with Crippen molar-refractivity contribution in [2.45, 2.75) is 58.9 Å². The van der Waals surface area contributed by atoms with Crippen LogP contribution in [0.15, 0.2) is 18.0 Å². The summed E-state index contributed by atoms with van der Waals surface area (Å²) < 4.78 is 0. The van der Waals surface area contributed by atoms with E-state index in [1.165, 1.54) is 35.3 Å². The van der Waals surface area contributed by atoms with Crippen molar-refractivity contribution in [3.05, 3.63) is 34.0 Å². The summed E-state index contributed by atoms with van der Waals surface area (Å²) in [5, 5.41) is 5.99. The first kappa shape index (κ1) is 15.5. The number of aryl methyl sites for hydroxylation is 1. The van der Waals surface area contributed by atoms with Gasteiger partial charge >= 0.3 is 0 Å². The summed E-state index contributed by atoms with van der Waals surface area (Å²) in [4.78, 5) is 1.54. The van der Waals surface area contributed by atoms with Gasteiger partial charge in [-0.1, -0.05) is 19.9 Å². The fraction of sp³-hybridized carbons (Fsp3) is 0.625. The van der Waals surface area contributed by atoms with Crippen LogP contribution in [-0.2, 0) is 12.8 Å². The number of hydrogen-bond donors (Lipinski definition) is 1. The monoisotopic (exact) mass is 265 g/mol. The molecule has 1 unspecified atom stereocenters. The summed E-state index contributed by atoms with van der Waals surface area (Å²) in [6, 6.07) is 0.630. The zero-order valence-electron chi connectivity index (χ0n) is 12.1. The summed E-state index contributed by atoms with van der Waals surface area (Å²) in [6.45, 7) is 11.7. The SMILES string of the molecule is C=CCCc1scc(CC(CC)NCCC)c1C. The predicted molar refractivity (Wildman–Crippen MR) is 83.7 cm³/mol. The predicted octanol–water partition coefficient (Wildman–Crippen LogP) is 4.50. The maximum absolute atomic E-state index is 3.80.